The number of hydrogen-bond donors (Lipinski definition) is 0. The number of hydrogen-bond acceptors (Lipinski definition) is 7. The van der Waals surface area contributed by atoms with Gasteiger partial charge in [0.05, 0.1) is 25.7 Å². The number of benzene rings is 2. The van der Waals surface area contributed by atoms with Crippen LogP contribution in [-0.4, -0.2) is 75.8 Å². The monoisotopic (exact) mass is 584 g/mol. The second-order valence-corrected chi connectivity index (χ2v) is 12.0. The highest BCUT2D eigenvalue weighted by Crippen LogP contribution is 2.39. The van der Waals surface area contributed by atoms with Crippen molar-refractivity contribution in [1.29, 1.82) is 0 Å². The summed E-state index contributed by atoms with van der Waals surface area (Å²) in [4.78, 5) is 26.9. The van der Waals surface area contributed by atoms with Gasteiger partial charge in [0.15, 0.2) is 11.5 Å². The molecular formula is C26H30Cl2N2O7S. The SMILES string of the molecule is COc1ccc(OCCN2C[C@H](CC=O)[C@@H]3CCCC(C2=O)N3S(=O)(=O)c2cc(Cl)cc(Cl)c2)cc1OC. The molecule has 206 valence electrons. The lowest BCUT2D eigenvalue weighted by molar-refractivity contribution is -0.135. The predicted octanol–water partition coefficient (Wildman–Crippen LogP) is 4.05. The maximum absolute atomic E-state index is 13.9. The summed E-state index contributed by atoms with van der Waals surface area (Å²) >= 11 is 12.2. The van der Waals surface area contributed by atoms with E-state index in [1.54, 1.807) is 30.2 Å². The molecule has 9 nitrogen and oxygen atoms in total. The highest BCUT2D eigenvalue weighted by molar-refractivity contribution is 7.89. The lowest BCUT2D eigenvalue weighted by atomic mass is 9.89. The van der Waals surface area contributed by atoms with Crippen LogP contribution in [0, 0.1) is 5.92 Å². The Bertz CT molecular complexity index is 1270. The van der Waals surface area contributed by atoms with Gasteiger partial charge in [-0.05, 0) is 55.5 Å². The van der Waals surface area contributed by atoms with Crippen LogP contribution in [0.1, 0.15) is 25.7 Å². The number of amides is 1. The van der Waals surface area contributed by atoms with Gasteiger partial charge >= 0.3 is 0 Å². The molecule has 2 aliphatic heterocycles. The van der Waals surface area contributed by atoms with E-state index in [1.165, 1.54) is 29.6 Å². The van der Waals surface area contributed by atoms with Crippen molar-refractivity contribution in [1.82, 2.24) is 9.21 Å². The molecule has 2 aromatic rings. The normalized spacial score (nSPS) is 22.1. The Hall–Kier alpha value is -2.53. The van der Waals surface area contributed by atoms with Crippen molar-refractivity contribution in [2.75, 3.05) is 33.9 Å². The lowest BCUT2D eigenvalue weighted by Gasteiger charge is -2.40. The van der Waals surface area contributed by atoms with Crippen LogP contribution in [0.15, 0.2) is 41.3 Å². The zero-order valence-electron chi connectivity index (χ0n) is 21.1. The van der Waals surface area contributed by atoms with Crippen LogP contribution in [0.4, 0.5) is 0 Å². The van der Waals surface area contributed by atoms with Crippen molar-refractivity contribution in [2.24, 2.45) is 5.92 Å². The molecule has 38 heavy (non-hydrogen) atoms. The van der Waals surface area contributed by atoms with Gasteiger partial charge < -0.3 is 23.9 Å². The van der Waals surface area contributed by atoms with Crippen molar-refractivity contribution in [3.63, 3.8) is 0 Å². The van der Waals surface area contributed by atoms with Gasteiger partial charge in [0.25, 0.3) is 0 Å². The summed E-state index contributed by atoms with van der Waals surface area (Å²) in [5.41, 5.74) is 0. The summed E-state index contributed by atoms with van der Waals surface area (Å²) in [7, 11) is -1.06. The molecule has 2 bridgehead atoms. The Balaban J connectivity index is 1.59. The van der Waals surface area contributed by atoms with E-state index in [2.05, 4.69) is 0 Å². The van der Waals surface area contributed by atoms with Crippen LogP contribution < -0.4 is 14.2 Å². The highest BCUT2D eigenvalue weighted by Gasteiger charge is 2.50. The number of aldehydes is 1. The van der Waals surface area contributed by atoms with Crippen LogP contribution in [0.2, 0.25) is 10.0 Å². The highest BCUT2D eigenvalue weighted by atomic mass is 35.5. The molecule has 2 fully saturated rings. The zero-order chi connectivity index (χ0) is 27.4. The Morgan fingerprint density at radius 2 is 1.74 bits per heavy atom. The summed E-state index contributed by atoms with van der Waals surface area (Å²) < 4.78 is 45.5. The number of carbonyl (C=O) groups excluding carboxylic acids is 2. The predicted molar refractivity (Wildman–Crippen MR) is 143 cm³/mol. The van der Waals surface area contributed by atoms with Gasteiger partial charge in [-0.1, -0.05) is 23.2 Å². The molecule has 2 aliphatic rings. The first kappa shape index (κ1) is 28.5. The molecule has 2 heterocycles. The molecule has 0 radical (unpaired) electrons. The van der Waals surface area contributed by atoms with Crippen molar-refractivity contribution in [3.05, 3.63) is 46.4 Å². The summed E-state index contributed by atoms with van der Waals surface area (Å²) in [6.45, 7) is 0.641. The van der Waals surface area contributed by atoms with Gasteiger partial charge in [-0.3, -0.25) is 4.79 Å². The second kappa shape index (κ2) is 12.1. The topological polar surface area (TPSA) is 102 Å². The quantitative estimate of drug-likeness (QED) is 0.388. The zero-order valence-corrected chi connectivity index (χ0v) is 23.5. The summed E-state index contributed by atoms with van der Waals surface area (Å²) in [6.07, 6.45) is 2.51. The maximum Gasteiger partial charge on any atom is 0.244 e. The number of sulfonamides is 1. The Morgan fingerprint density at radius 1 is 1.03 bits per heavy atom. The number of fused-ring (bicyclic) bond motifs is 2. The standard InChI is InChI=1S/C26H30Cl2N2O7S/c1-35-24-7-6-20(15-25(24)36-2)37-11-9-29-16-17(8-10-31)22-4-3-5-23(26(29)32)30(22)38(33,34)21-13-18(27)12-19(28)14-21/h6-7,10,12-15,17,22-23H,3-5,8-9,11,16H2,1-2H3/t17-,22-,23?/m0/s1. The van der Waals surface area contributed by atoms with E-state index < -0.39 is 22.1 Å². The molecule has 0 aromatic heterocycles. The van der Waals surface area contributed by atoms with Gasteiger partial charge in [-0.15, -0.1) is 0 Å². The van der Waals surface area contributed by atoms with E-state index in [9.17, 15) is 18.0 Å². The third-order valence-electron chi connectivity index (χ3n) is 7.00. The average Bonchev–Trinajstić information content (AvgIpc) is 2.96. The summed E-state index contributed by atoms with van der Waals surface area (Å²) in [5.74, 6) is 0.935. The molecule has 1 unspecified atom stereocenters. The molecule has 0 N–H and O–H groups in total. The molecule has 3 atom stereocenters. The Kier molecular flexibility index (Phi) is 9.07. The molecule has 2 saturated heterocycles. The minimum Gasteiger partial charge on any atom is -0.493 e. The molecule has 0 aliphatic carbocycles. The first-order valence-electron chi connectivity index (χ1n) is 12.3. The van der Waals surface area contributed by atoms with E-state index in [0.717, 1.165) is 6.29 Å². The van der Waals surface area contributed by atoms with Crippen LogP contribution >= 0.6 is 23.2 Å². The van der Waals surface area contributed by atoms with Crippen molar-refractivity contribution in [3.8, 4) is 17.2 Å². The van der Waals surface area contributed by atoms with E-state index >= 15 is 0 Å². The van der Waals surface area contributed by atoms with Gasteiger partial charge in [0, 0.05) is 35.1 Å². The largest absolute Gasteiger partial charge is 0.493 e. The number of halogens is 2. The first-order valence-corrected chi connectivity index (χ1v) is 14.5. The Labute approximate surface area is 232 Å². The molecule has 1 amide bonds. The smallest absolute Gasteiger partial charge is 0.244 e. The fraction of sp³-hybridized carbons (Fsp3) is 0.462. The van der Waals surface area contributed by atoms with Gasteiger partial charge in [0.1, 0.15) is 24.7 Å². The second-order valence-electron chi connectivity index (χ2n) is 9.27. The van der Waals surface area contributed by atoms with Gasteiger partial charge in [-0.25, -0.2) is 8.42 Å². The van der Waals surface area contributed by atoms with Crippen molar-refractivity contribution < 1.29 is 32.2 Å². The molecule has 2 aromatic carbocycles. The summed E-state index contributed by atoms with van der Waals surface area (Å²) in [6, 6.07) is 7.85. The molecular weight excluding hydrogens is 555 g/mol. The molecule has 0 spiro atoms. The fourth-order valence-electron chi connectivity index (χ4n) is 5.27. The lowest BCUT2D eigenvalue weighted by Crippen LogP contribution is -2.55. The summed E-state index contributed by atoms with van der Waals surface area (Å²) in [5, 5.41) is 0.363. The van der Waals surface area contributed by atoms with Crippen LogP contribution in [0.3, 0.4) is 0 Å². The van der Waals surface area contributed by atoms with E-state index in [4.69, 9.17) is 37.4 Å². The van der Waals surface area contributed by atoms with Crippen LogP contribution in [0.25, 0.3) is 0 Å². The van der Waals surface area contributed by atoms with Crippen molar-refractivity contribution in [2.45, 2.75) is 42.7 Å². The molecule has 12 heteroatoms. The number of rotatable bonds is 10. The molecule has 4 rings (SSSR count). The number of methoxy groups -OCH3 is 2. The van der Waals surface area contributed by atoms with Crippen LogP contribution in [-0.2, 0) is 19.6 Å². The molecule has 0 saturated carbocycles. The van der Waals surface area contributed by atoms with E-state index in [-0.39, 0.29) is 52.9 Å². The van der Waals surface area contributed by atoms with Gasteiger partial charge in [-0.2, -0.15) is 4.31 Å². The fourth-order valence-corrected chi connectivity index (χ4v) is 7.88. The Morgan fingerprint density at radius 3 is 2.39 bits per heavy atom. The van der Waals surface area contributed by atoms with Crippen molar-refractivity contribution >= 4 is 45.4 Å². The minimum absolute atomic E-state index is 0.0743. The first-order chi connectivity index (χ1) is 18.2. The third kappa shape index (κ3) is 5.88. The van der Waals surface area contributed by atoms with E-state index in [0.29, 0.717) is 36.5 Å². The minimum atomic E-state index is -4.13. The van der Waals surface area contributed by atoms with Crippen LogP contribution in [0.5, 0.6) is 17.2 Å². The number of piperidine rings is 1. The number of ether oxygens (including phenoxy) is 3. The number of nitrogens with zero attached hydrogens (tertiary/aromatic N) is 2. The van der Waals surface area contributed by atoms with Gasteiger partial charge in [0.2, 0.25) is 15.9 Å². The number of carbonyl (C=O) groups is 2. The maximum atomic E-state index is 13.9. The average molecular weight is 586 g/mol. The van der Waals surface area contributed by atoms with E-state index in [1.807, 2.05) is 0 Å². The third-order valence-corrected chi connectivity index (χ3v) is 9.35.